The molecule has 23 heteroatoms. The van der Waals surface area contributed by atoms with Crippen LogP contribution in [-0.4, -0.2) is 206 Å². The van der Waals surface area contributed by atoms with Crippen molar-refractivity contribution in [3.63, 3.8) is 0 Å². The first-order valence-corrected chi connectivity index (χ1v) is 20.3. The average molecular weight is 839 g/mol. The molecule has 2 rings (SSSR count). The Morgan fingerprint density at radius 2 is 0.887 bits per heavy atom. The predicted octanol–water partition coefficient (Wildman–Crippen LogP) is -2.64. The molecule has 53 heavy (non-hydrogen) atoms. The van der Waals surface area contributed by atoms with Crippen LogP contribution in [0.1, 0.15) is 78.1 Å². The van der Waals surface area contributed by atoms with Crippen LogP contribution in [0.3, 0.4) is 0 Å². The van der Waals surface area contributed by atoms with Crippen molar-refractivity contribution in [3.05, 3.63) is 0 Å². The summed E-state index contributed by atoms with van der Waals surface area (Å²) in [5.74, 6) is -2.75. The topological polar surface area (TPSA) is 325 Å². The molecule has 2 saturated heterocycles. The first-order valence-electron chi connectivity index (χ1n) is 17.1. The summed E-state index contributed by atoms with van der Waals surface area (Å²) in [4.78, 5) is 22.8. The van der Waals surface area contributed by atoms with E-state index in [0.717, 1.165) is 38.5 Å². The van der Waals surface area contributed by atoms with E-state index < -0.39 is 93.2 Å². The van der Waals surface area contributed by atoms with Crippen molar-refractivity contribution in [1.82, 2.24) is 0 Å². The van der Waals surface area contributed by atoms with Crippen molar-refractivity contribution in [3.8, 4) is 0 Å². The van der Waals surface area contributed by atoms with Gasteiger partial charge >= 0.3 is 49.7 Å². The summed E-state index contributed by atoms with van der Waals surface area (Å²) >= 11 is 0. The van der Waals surface area contributed by atoms with E-state index in [1.165, 1.54) is 0 Å². The van der Waals surface area contributed by atoms with Gasteiger partial charge < -0.3 is 68.2 Å². The third-order valence-electron chi connectivity index (χ3n) is 7.71. The maximum Gasteiger partial charge on any atom is 2.00 e. The van der Waals surface area contributed by atoms with E-state index in [4.69, 9.17) is 28.4 Å². The zero-order valence-electron chi connectivity index (χ0n) is 30.0. The van der Waals surface area contributed by atoms with E-state index in [-0.39, 0.29) is 88.9 Å². The Hall–Kier alpha value is -0.380. The zero-order valence-corrected chi connectivity index (χ0v) is 33.9. The maximum atomic E-state index is 11.4. The molecule has 2 heterocycles. The monoisotopic (exact) mass is 838 g/mol. The SMILES string of the molecule is CCCCCC(=O)OCCCO[C@H]1O[C@H](CS(=O)(=O)[O-])[C@@H](O)[C@H](O)[C@H]1O.CCCCCC(=O)OCCCO[C@H]1O[C@H](CS(=O)(=O)[O-])[C@@H](O)[C@H](O)[C@H]1O.[Ca+2]. The van der Waals surface area contributed by atoms with Crippen LogP contribution < -0.4 is 0 Å². The van der Waals surface area contributed by atoms with Crippen molar-refractivity contribution in [2.45, 2.75) is 139 Å². The molecule has 6 N–H and O–H groups in total. The minimum Gasteiger partial charge on any atom is -0.748 e. The number of unbranched alkanes of at least 4 members (excludes halogenated alkanes) is 4. The maximum absolute atomic E-state index is 11.4. The molecular weight excluding hydrogens is 785 g/mol. The number of carbonyl (C=O) groups is 2. The first kappa shape index (κ1) is 52.6. The molecule has 0 aromatic carbocycles. The molecule has 308 valence electrons. The summed E-state index contributed by atoms with van der Waals surface area (Å²) in [6.07, 6.45) is -9.35. The van der Waals surface area contributed by atoms with Crippen LogP contribution in [0.15, 0.2) is 0 Å². The van der Waals surface area contributed by atoms with Gasteiger partial charge in [0.05, 0.1) is 58.2 Å². The van der Waals surface area contributed by atoms with Crippen LogP contribution >= 0.6 is 0 Å². The van der Waals surface area contributed by atoms with Crippen molar-refractivity contribution in [2.75, 3.05) is 37.9 Å². The number of hydrogen-bond donors (Lipinski definition) is 6. The molecular formula is C30H54CaO20S2. The third kappa shape index (κ3) is 22.2. The van der Waals surface area contributed by atoms with Gasteiger partial charge in [-0.3, -0.25) is 9.59 Å². The van der Waals surface area contributed by atoms with Crippen LogP contribution in [-0.2, 0) is 58.2 Å². The molecule has 10 atom stereocenters. The largest absolute Gasteiger partial charge is 2.00 e. The van der Waals surface area contributed by atoms with Crippen LogP contribution in [0.2, 0.25) is 0 Å². The van der Waals surface area contributed by atoms with Gasteiger partial charge in [-0.15, -0.1) is 0 Å². The van der Waals surface area contributed by atoms with E-state index in [0.29, 0.717) is 12.8 Å². The van der Waals surface area contributed by atoms with Crippen LogP contribution in [0.25, 0.3) is 0 Å². The molecule has 0 aromatic heterocycles. The van der Waals surface area contributed by atoms with E-state index in [2.05, 4.69) is 0 Å². The number of ether oxygens (including phenoxy) is 6. The number of esters is 2. The molecule has 0 radical (unpaired) electrons. The van der Waals surface area contributed by atoms with Crippen molar-refractivity contribution >= 4 is 69.9 Å². The number of aliphatic hydroxyl groups excluding tert-OH is 6. The van der Waals surface area contributed by atoms with Crippen LogP contribution in [0, 0.1) is 0 Å². The van der Waals surface area contributed by atoms with E-state index in [1.54, 1.807) is 0 Å². The fourth-order valence-electron chi connectivity index (χ4n) is 4.86. The van der Waals surface area contributed by atoms with Gasteiger partial charge in [0.25, 0.3) is 0 Å². The van der Waals surface area contributed by atoms with Gasteiger partial charge in [0.2, 0.25) is 0 Å². The summed E-state index contributed by atoms with van der Waals surface area (Å²) in [5, 5.41) is 58.5. The normalized spacial score (nSPS) is 28.9. The Bertz CT molecular complexity index is 1150. The fourth-order valence-corrected chi connectivity index (χ4v) is 6.21. The molecule has 0 unspecified atom stereocenters. The molecule has 2 aliphatic rings. The smallest absolute Gasteiger partial charge is 0.748 e. The molecule has 0 aromatic rings. The van der Waals surface area contributed by atoms with Gasteiger partial charge in [-0.1, -0.05) is 39.5 Å². The van der Waals surface area contributed by atoms with Crippen molar-refractivity contribution < 1.29 is 94.6 Å². The van der Waals surface area contributed by atoms with Crippen molar-refractivity contribution in [2.24, 2.45) is 0 Å². The Labute approximate surface area is 339 Å². The summed E-state index contributed by atoms with van der Waals surface area (Å²) < 4.78 is 95.5. The molecule has 0 saturated carbocycles. The Kier molecular flexibility index (Phi) is 27.1. The second-order valence-electron chi connectivity index (χ2n) is 12.3. The fraction of sp³-hybridized carbons (Fsp3) is 0.933. The Morgan fingerprint density at radius 1 is 0.547 bits per heavy atom. The van der Waals surface area contributed by atoms with Gasteiger partial charge in [0.15, 0.2) is 12.6 Å². The van der Waals surface area contributed by atoms with Gasteiger partial charge in [0, 0.05) is 25.7 Å². The summed E-state index contributed by atoms with van der Waals surface area (Å²) in [6.45, 7) is 4.22. The summed E-state index contributed by atoms with van der Waals surface area (Å²) in [7, 11) is -9.42. The van der Waals surface area contributed by atoms with Crippen molar-refractivity contribution in [1.29, 1.82) is 0 Å². The van der Waals surface area contributed by atoms with E-state index in [1.807, 2.05) is 13.8 Å². The van der Waals surface area contributed by atoms with Gasteiger partial charge in [-0.25, -0.2) is 16.8 Å². The van der Waals surface area contributed by atoms with Gasteiger partial charge in [-0.2, -0.15) is 0 Å². The minimum absolute atomic E-state index is 0. The van der Waals surface area contributed by atoms with E-state index in [9.17, 15) is 66.2 Å². The van der Waals surface area contributed by atoms with Gasteiger partial charge in [0.1, 0.15) is 48.8 Å². The van der Waals surface area contributed by atoms with E-state index >= 15 is 0 Å². The molecule has 0 amide bonds. The quantitative estimate of drug-likeness (QED) is 0.0281. The second kappa shape index (κ2) is 27.3. The molecule has 2 fully saturated rings. The molecule has 2 aliphatic heterocycles. The minimum atomic E-state index is -4.71. The Balaban J connectivity index is 0.00000100. The molecule has 0 aliphatic carbocycles. The molecule has 0 bridgehead atoms. The zero-order chi connectivity index (χ0) is 39.5. The standard InChI is InChI=1S/2C15H28O10S.Ca/c2*1-2-3-4-6-11(16)23-7-5-8-24-15-14(19)13(18)12(17)10(25-15)9-26(20,21)22;/h2*10,12-15,17-19H,2-9H2,1H3,(H,20,21,22);/q;;+2/p-2/t2*10-,12-,13+,14-,15+;/m11./s1. The average Bonchev–Trinajstić information content (AvgIpc) is 3.05. The number of carbonyl (C=O) groups excluding carboxylic acids is 2. The summed E-state index contributed by atoms with van der Waals surface area (Å²) in [6, 6.07) is 0. The summed E-state index contributed by atoms with van der Waals surface area (Å²) in [5.41, 5.74) is 0. The first-order chi connectivity index (χ1) is 24.3. The van der Waals surface area contributed by atoms with Crippen LogP contribution in [0.5, 0.6) is 0 Å². The Morgan fingerprint density at radius 3 is 1.19 bits per heavy atom. The number of rotatable bonds is 22. The van der Waals surface area contributed by atoms with Gasteiger partial charge in [-0.05, 0) is 12.8 Å². The molecule has 0 spiro atoms. The number of hydrogen-bond acceptors (Lipinski definition) is 20. The second-order valence-corrected chi connectivity index (χ2v) is 15.2. The predicted molar refractivity (Wildman–Crippen MR) is 180 cm³/mol. The molecule has 20 nitrogen and oxygen atoms in total. The van der Waals surface area contributed by atoms with Crippen LogP contribution in [0.4, 0.5) is 0 Å². The number of aliphatic hydroxyl groups is 6. The third-order valence-corrected chi connectivity index (χ3v) is 9.18.